The Labute approximate surface area is 180 Å². The van der Waals surface area contributed by atoms with Crippen LogP contribution >= 0.6 is 11.6 Å². The maximum atomic E-state index is 13.2. The topological polar surface area (TPSA) is 47.6 Å². The van der Waals surface area contributed by atoms with Gasteiger partial charge in [-0.25, -0.2) is 0 Å². The first-order chi connectivity index (χ1) is 14.7. The predicted octanol–water partition coefficient (Wildman–Crippen LogP) is 5.54. The summed E-state index contributed by atoms with van der Waals surface area (Å²) in [6.07, 6.45) is 4.86. The normalized spacial score (nSPS) is 12.4. The van der Waals surface area contributed by atoms with E-state index in [1.807, 2.05) is 60.7 Å². The van der Waals surface area contributed by atoms with Crippen molar-refractivity contribution in [3.05, 3.63) is 112 Å². The highest BCUT2D eigenvalue weighted by atomic mass is 35.5. The Morgan fingerprint density at radius 1 is 1.00 bits per heavy atom. The molecule has 0 fully saturated rings. The van der Waals surface area contributed by atoms with Crippen LogP contribution in [0.15, 0.2) is 90.7 Å². The average Bonchev–Trinajstić information content (AvgIpc) is 3.00. The molecule has 0 saturated heterocycles. The number of carbonyl (C=O) groups excluding carboxylic acids is 1. The number of amides is 1. The maximum Gasteiger partial charge on any atom is 0.252 e. The Hall–Kier alpha value is -3.50. The minimum Gasteiger partial charge on any atom is -0.493 e. The van der Waals surface area contributed by atoms with Crippen molar-refractivity contribution in [1.29, 1.82) is 0 Å². The molecule has 0 saturated carbocycles. The molecule has 150 valence electrons. The Morgan fingerprint density at radius 2 is 1.63 bits per heavy atom. The molecule has 1 amide bonds. The van der Waals surface area contributed by atoms with E-state index in [4.69, 9.17) is 21.1 Å². The van der Waals surface area contributed by atoms with Crippen molar-refractivity contribution in [2.75, 3.05) is 7.11 Å². The van der Waals surface area contributed by atoms with Crippen LogP contribution in [0.2, 0.25) is 5.02 Å². The van der Waals surface area contributed by atoms with E-state index in [1.165, 1.54) is 6.26 Å². The Bertz CT molecular complexity index is 1070. The molecule has 0 spiro atoms. The van der Waals surface area contributed by atoms with Crippen molar-refractivity contribution >= 4 is 23.6 Å². The number of benzene rings is 3. The second-order valence-corrected chi connectivity index (χ2v) is 7.21. The van der Waals surface area contributed by atoms with Gasteiger partial charge >= 0.3 is 0 Å². The van der Waals surface area contributed by atoms with E-state index in [0.29, 0.717) is 27.7 Å². The zero-order valence-electron chi connectivity index (χ0n) is 16.3. The van der Waals surface area contributed by atoms with Crippen LogP contribution in [-0.4, -0.2) is 13.0 Å². The van der Waals surface area contributed by atoms with E-state index >= 15 is 0 Å². The van der Waals surface area contributed by atoms with Crippen LogP contribution in [0.4, 0.5) is 0 Å². The van der Waals surface area contributed by atoms with Gasteiger partial charge in [-0.2, -0.15) is 0 Å². The summed E-state index contributed by atoms with van der Waals surface area (Å²) in [6, 6.07) is 22.9. The summed E-state index contributed by atoms with van der Waals surface area (Å²) in [5.41, 5.74) is 3.12. The summed E-state index contributed by atoms with van der Waals surface area (Å²) >= 11 is 6.20. The molecule has 5 heteroatoms. The summed E-state index contributed by atoms with van der Waals surface area (Å²) in [5, 5.41) is 3.64. The first kappa shape index (κ1) is 19.8. The zero-order chi connectivity index (χ0) is 20.9. The summed E-state index contributed by atoms with van der Waals surface area (Å²) < 4.78 is 11.0. The van der Waals surface area contributed by atoms with Crippen molar-refractivity contribution in [3.63, 3.8) is 0 Å². The lowest BCUT2D eigenvalue weighted by Crippen LogP contribution is -2.30. The quantitative estimate of drug-likeness (QED) is 0.592. The van der Waals surface area contributed by atoms with E-state index in [2.05, 4.69) is 5.32 Å². The minimum atomic E-state index is -0.285. The van der Waals surface area contributed by atoms with Crippen LogP contribution < -0.4 is 14.8 Å². The molecular weight excluding hydrogens is 398 g/mol. The van der Waals surface area contributed by atoms with Crippen LogP contribution in [0.5, 0.6) is 11.5 Å². The molecule has 3 aromatic carbocycles. The second-order valence-electron chi connectivity index (χ2n) is 6.77. The summed E-state index contributed by atoms with van der Waals surface area (Å²) in [5.74, 6) is 0.800. The Kier molecular flexibility index (Phi) is 5.87. The van der Waals surface area contributed by atoms with Crippen LogP contribution in [0.25, 0.3) is 6.08 Å². The highest BCUT2D eigenvalue weighted by molar-refractivity contribution is 6.31. The fourth-order valence-electron chi connectivity index (χ4n) is 3.37. The number of hydrogen-bond donors (Lipinski definition) is 1. The molecular formula is C25H20ClNO3. The molecule has 4 nitrogen and oxygen atoms in total. The molecule has 0 aromatic heterocycles. The van der Waals surface area contributed by atoms with Gasteiger partial charge in [0, 0.05) is 22.2 Å². The molecule has 0 atom stereocenters. The number of halogens is 1. The number of rotatable bonds is 5. The zero-order valence-corrected chi connectivity index (χ0v) is 17.1. The average molecular weight is 418 g/mol. The second kappa shape index (κ2) is 8.89. The van der Waals surface area contributed by atoms with E-state index in [0.717, 1.165) is 11.1 Å². The number of carbonyl (C=O) groups is 1. The number of nitrogens with one attached hydrogen (secondary N) is 1. The molecule has 1 aliphatic heterocycles. The molecule has 0 unspecified atom stereocenters. The van der Waals surface area contributed by atoms with Crippen molar-refractivity contribution in [2.24, 2.45) is 0 Å². The Balaban J connectivity index is 1.68. The smallest absolute Gasteiger partial charge is 0.252 e. The fourth-order valence-corrected chi connectivity index (χ4v) is 3.59. The standard InChI is InChI=1S/C25H20ClNO3/c1-29-22-16-21(26)15-20-14-19(12-13-30-24(20)22)25(28)27-23(17-8-4-2-5-9-17)18-10-6-3-7-11-18/h2-16,23H,1H3,(H,27,28). The highest BCUT2D eigenvalue weighted by Crippen LogP contribution is 2.37. The van der Waals surface area contributed by atoms with Gasteiger partial charge in [0.25, 0.3) is 5.91 Å². The lowest BCUT2D eigenvalue weighted by molar-refractivity contribution is -0.117. The van der Waals surface area contributed by atoms with Crippen LogP contribution in [0.3, 0.4) is 0 Å². The van der Waals surface area contributed by atoms with E-state index in [-0.39, 0.29) is 11.9 Å². The van der Waals surface area contributed by atoms with Crippen molar-refractivity contribution < 1.29 is 14.3 Å². The van der Waals surface area contributed by atoms with Gasteiger partial charge in [0.15, 0.2) is 11.5 Å². The predicted molar refractivity (Wildman–Crippen MR) is 119 cm³/mol. The SMILES string of the molecule is COc1cc(Cl)cc2c1OC=CC(C(=O)NC(c1ccccc1)c1ccccc1)=C2. The number of methoxy groups -OCH3 is 1. The van der Waals surface area contributed by atoms with Crippen LogP contribution in [0, 0.1) is 0 Å². The monoisotopic (exact) mass is 417 g/mol. The lowest BCUT2D eigenvalue weighted by atomic mass is 9.98. The summed E-state index contributed by atoms with van der Waals surface area (Å²) in [7, 11) is 1.55. The van der Waals surface area contributed by atoms with E-state index < -0.39 is 0 Å². The van der Waals surface area contributed by atoms with Crippen LogP contribution in [0.1, 0.15) is 22.7 Å². The molecule has 3 aromatic rings. The summed E-state index contributed by atoms with van der Waals surface area (Å²) in [4.78, 5) is 13.2. The van der Waals surface area contributed by atoms with E-state index in [1.54, 1.807) is 31.4 Å². The molecule has 30 heavy (non-hydrogen) atoms. The van der Waals surface area contributed by atoms with Crippen molar-refractivity contribution in [3.8, 4) is 11.5 Å². The number of hydrogen-bond acceptors (Lipinski definition) is 3. The summed E-state index contributed by atoms with van der Waals surface area (Å²) in [6.45, 7) is 0. The number of ether oxygens (including phenoxy) is 2. The van der Waals surface area contributed by atoms with Crippen molar-refractivity contribution in [1.82, 2.24) is 5.32 Å². The largest absolute Gasteiger partial charge is 0.493 e. The van der Waals surface area contributed by atoms with Gasteiger partial charge in [-0.3, -0.25) is 4.79 Å². The van der Waals surface area contributed by atoms with Gasteiger partial charge in [0.1, 0.15) is 0 Å². The molecule has 0 aliphatic carbocycles. The van der Waals surface area contributed by atoms with Gasteiger partial charge in [0.05, 0.1) is 19.4 Å². The number of fused-ring (bicyclic) bond motifs is 1. The van der Waals surface area contributed by atoms with Gasteiger partial charge in [-0.05, 0) is 29.3 Å². The maximum absolute atomic E-state index is 13.2. The third-order valence-corrected chi connectivity index (χ3v) is 5.03. The third-order valence-electron chi connectivity index (χ3n) is 4.82. The molecule has 4 rings (SSSR count). The van der Waals surface area contributed by atoms with Gasteiger partial charge in [-0.1, -0.05) is 72.3 Å². The minimum absolute atomic E-state index is 0.223. The van der Waals surface area contributed by atoms with E-state index in [9.17, 15) is 4.79 Å². The van der Waals surface area contributed by atoms with Crippen molar-refractivity contribution in [2.45, 2.75) is 6.04 Å². The van der Waals surface area contributed by atoms with Gasteiger partial charge in [-0.15, -0.1) is 0 Å². The van der Waals surface area contributed by atoms with Crippen LogP contribution in [-0.2, 0) is 4.79 Å². The third kappa shape index (κ3) is 4.24. The first-order valence-corrected chi connectivity index (χ1v) is 9.86. The Morgan fingerprint density at radius 3 is 2.23 bits per heavy atom. The molecule has 1 aliphatic rings. The first-order valence-electron chi connectivity index (χ1n) is 9.49. The van der Waals surface area contributed by atoms with Gasteiger partial charge < -0.3 is 14.8 Å². The molecule has 1 heterocycles. The lowest BCUT2D eigenvalue weighted by Gasteiger charge is -2.20. The molecule has 0 radical (unpaired) electrons. The van der Waals surface area contributed by atoms with Gasteiger partial charge in [0.2, 0.25) is 0 Å². The molecule has 0 bridgehead atoms. The fraction of sp³-hybridized carbons (Fsp3) is 0.0800. The highest BCUT2D eigenvalue weighted by Gasteiger charge is 2.20. The molecule has 1 N–H and O–H groups in total.